The van der Waals surface area contributed by atoms with Crippen molar-refractivity contribution in [3.05, 3.63) is 100 Å². The van der Waals surface area contributed by atoms with E-state index in [1.807, 2.05) is 0 Å². The van der Waals surface area contributed by atoms with Crippen molar-refractivity contribution in [1.29, 1.82) is 0 Å². The standard InChI is InChI=1S/C29H28F3N5O4.C2H5NO2/c1-36(2)27(39)9-5-3-4-8-26(38)34-22-7-6-12-37(29(22)40)16-25-33-23-14-20(31)15-24(28(23)35-25)41-17-18-10-11-19(30)13-21(18)32;1-5-2(3)4/h5-7,9-15H,3-4,8,16-17H2,1-2H3,(H,33,35)(H,34,38);1H3,(H2,3,4)/b9-5+;. The number of likely N-dealkylation sites (N-methyl/N-ethyl adjacent to an activating group) is 1. The van der Waals surface area contributed by atoms with E-state index in [9.17, 15) is 32.3 Å². The number of carbonyl (C=O) groups is 3. The molecule has 0 fully saturated rings. The molecule has 12 nitrogen and oxygen atoms in total. The first-order valence-corrected chi connectivity index (χ1v) is 13.8. The molecule has 46 heavy (non-hydrogen) atoms. The molecular weight excluding hydrogens is 609 g/mol. The molecule has 0 unspecified atom stereocenters. The van der Waals surface area contributed by atoms with Gasteiger partial charge in [0.05, 0.1) is 19.2 Å². The number of aromatic nitrogens is 3. The number of nitrogens with one attached hydrogen (secondary N) is 2. The lowest BCUT2D eigenvalue weighted by Gasteiger charge is -2.08. The van der Waals surface area contributed by atoms with Gasteiger partial charge in [0, 0.05) is 44.4 Å². The largest absolute Gasteiger partial charge is 0.486 e. The zero-order valence-electron chi connectivity index (χ0n) is 25.3. The van der Waals surface area contributed by atoms with Crippen LogP contribution in [0.1, 0.15) is 30.7 Å². The second-order valence-electron chi connectivity index (χ2n) is 9.96. The van der Waals surface area contributed by atoms with Crippen LogP contribution in [0.25, 0.3) is 11.0 Å². The lowest BCUT2D eigenvalue weighted by Crippen LogP contribution is -2.26. The quantitative estimate of drug-likeness (QED) is 0.163. The van der Waals surface area contributed by atoms with Crippen molar-refractivity contribution >= 4 is 34.6 Å². The van der Waals surface area contributed by atoms with Crippen LogP contribution in [0.3, 0.4) is 0 Å². The fourth-order valence-electron chi connectivity index (χ4n) is 3.93. The molecule has 0 aliphatic carbocycles. The van der Waals surface area contributed by atoms with Crippen LogP contribution in [0.4, 0.5) is 23.7 Å². The Labute approximate surface area is 261 Å². The first kappa shape index (κ1) is 34.9. The van der Waals surface area contributed by atoms with E-state index in [0.29, 0.717) is 24.2 Å². The van der Waals surface area contributed by atoms with Crippen molar-refractivity contribution in [3.63, 3.8) is 0 Å². The van der Waals surface area contributed by atoms with Gasteiger partial charge in [-0.3, -0.25) is 14.4 Å². The van der Waals surface area contributed by atoms with E-state index in [0.717, 1.165) is 18.2 Å². The van der Waals surface area contributed by atoms with Crippen LogP contribution >= 0.6 is 0 Å². The number of ether oxygens (including phenoxy) is 2. The number of nitrogens with two attached hydrogens (primary N) is 1. The molecule has 0 spiro atoms. The summed E-state index contributed by atoms with van der Waals surface area (Å²) in [5, 5.41) is 2.61. The number of amides is 3. The van der Waals surface area contributed by atoms with Gasteiger partial charge in [-0.15, -0.1) is 0 Å². The number of primary amides is 1. The number of pyridine rings is 1. The number of unbranched alkanes of at least 4 members (excludes halogenated alkanes) is 1. The normalized spacial score (nSPS) is 10.7. The number of fused-ring (bicyclic) bond motifs is 1. The maximum atomic E-state index is 14.3. The van der Waals surface area contributed by atoms with Gasteiger partial charge in [0.15, 0.2) is 5.75 Å². The molecule has 0 aliphatic rings. The van der Waals surface area contributed by atoms with Crippen LogP contribution in [-0.2, 0) is 27.5 Å². The molecule has 244 valence electrons. The average molecular weight is 643 g/mol. The molecule has 15 heteroatoms. The maximum Gasteiger partial charge on any atom is 0.404 e. The van der Waals surface area contributed by atoms with Crippen LogP contribution in [0.2, 0.25) is 0 Å². The van der Waals surface area contributed by atoms with E-state index in [4.69, 9.17) is 4.74 Å². The molecule has 2 heterocycles. The number of hydrogen-bond donors (Lipinski definition) is 3. The summed E-state index contributed by atoms with van der Waals surface area (Å²) in [6, 6.07) is 8.46. The van der Waals surface area contributed by atoms with E-state index >= 15 is 0 Å². The average Bonchev–Trinajstić information content (AvgIpc) is 3.40. The number of benzene rings is 2. The van der Waals surface area contributed by atoms with Crippen molar-refractivity contribution in [2.75, 3.05) is 26.5 Å². The van der Waals surface area contributed by atoms with Gasteiger partial charge in [-0.2, -0.15) is 0 Å². The summed E-state index contributed by atoms with van der Waals surface area (Å²) in [5.74, 6) is -2.26. The van der Waals surface area contributed by atoms with Crippen molar-refractivity contribution in [2.45, 2.75) is 32.4 Å². The van der Waals surface area contributed by atoms with Gasteiger partial charge in [0.2, 0.25) is 11.8 Å². The summed E-state index contributed by atoms with van der Waals surface area (Å²) in [4.78, 5) is 55.1. The number of aromatic amines is 1. The van der Waals surface area contributed by atoms with Crippen LogP contribution in [0.15, 0.2) is 65.6 Å². The monoisotopic (exact) mass is 642 g/mol. The van der Waals surface area contributed by atoms with Crippen molar-refractivity contribution < 1.29 is 37.0 Å². The minimum absolute atomic E-state index is 0.0183. The first-order valence-electron chi connectivity index (χ1n) is 13.8. The number of allylic oxidation sites excluding steroid dienone is 1. The molecule has 2 aromatic carbocycles. The highest BCUT2D eigenvalue weighted by Crippen LogP contribution is 2.27. The number of nitrogens with zero attached hydrogens (tertiary/aromatic N) is 3. The lowest BCUT2D eigenvalue weighted by molar-refractivity contribution is -0.123. The van der Waals surface area contributed by atoms with Crippen molar-refractivity contribution in [3.8, 4) is 5.75 Å². The predicted molar refractivity (Wildman–Crippen MR) is 163 cm³/mol. The van der Waals surface area contributed by atoms with Crippen LogP contribution in [-0.4, -0.2) is 58.5 Å². The zero-order chi connectivity index (χ0) is 33.8. The highest BCUT2D eigenvalue weighted by atomic mass is 19.1. The molecule has 0 atom stereocenters. The summed E-state index contributed by atoms with van der Waals surface area (Å²) in [5.41, 5.74) is 4.70. The molecular formula is C31H33F3N6O6. The first-order chi connectivity index (χ1) is 21.9. The molecule has 4 rings (SSSR count). The third-order valence-electron chi connectivity index (χ3n) is 6.26. The van der Waals surface area contributed by atoms with Gasteiger partial charge in [0.25, 0.3) is 5.56 Å². The molecule has 4 N–H and O–H groups in total. The smallest absolute Gasteiger partial charge is 0.404 e. The van der Waals surface area contributed by atoms with Gasteiger partial charge in [-0.05, 0) is 49.2 Å². The van der Waals surface area contributed by atoms with Crippen molar-refractivity contribution in [2.24, 2.45) is 5.73 Å². The number of halogens is 3. The summed E-state index contributed by atoms with van der Waals surface area (Å²) < 4.78 is 52.3. The lowest BCUT2D eigenvalue weighted by atomic mass is 10.2. The summed E-state index contributed by atoms with van der Waals surface area (Å²) in [7, 11) is 4.52. The van der Waals surface area contributed by atoms with E-state index in [2.05, 4.69) is 25.8 Å². The Hall–Kier alpha value is -5.60. The molecule has 0 radical (unpaired) electrons. The summed E-state index contributed by atoms with van der Waals surface area (Å²) >= 11 is 0. The van der Waals surface area contributed by atoms with Crippen molar-refractivity contribution in [1.82, 2.24) is 19.4 Å². The molecule has 0 bridgehead atoms. The molecule has 0 saturated carbocycles. The minimum Gasteiger partial charge on any atom is -0.486 e. The zero-order valence-corrected chi connectivity index (χ0v) is 25.3. The number of rotatable bonds is 11. The fourth-order valence-corrected chi connectivity index (χ4v) is 3.93. The van der Waals surface area contributed by atoms with E-state index < -0.39 is 29.1 Å². The highest BCUT2D eigenvalue weighted by molar-refractivity contribution is 5.90. The molecule has 0 aliphatic heterocycles. The Balaban J connectivity index is 0.00000107. The highest BCUT2D eigenvalue weighted by Gasteiger charge is 2.15. The molecule has 2 aromatic heterocycles. The van der Waals surface area contributed by atoms with Crippen LogP contribution < -0.4 is 21.3 Å². The Morgan fingerprint density at radius 2 is 1.85 bits per heavy atom. The third-order valence-corrected chi connectivity index (χ3v) is 6.26. The van der Waals surface area contributed by atoms with Crippen LogP contribution in [0.5, 0.6) is 5.75 Å². The Kier molecular flexibility index (Phi) is 12.5. The SMILES string of the molecule is CN(C)C(=O)/C=C/CCCC(=O)Nc1cccn(Cc2nc3c(OCc4ccc(F)cc4F)cc(F)cc3[nH]2)c1=O.COC(N)=O. The van der Waals surface area contributed by atoms with Gasteiger partial charge < -0.3 is 35.0 Å². The van der Waals surface area contributed by atoms with Gasteiger partial charge in [-0.25, -0.2) is 22.9 Å². The number of H-pyrrole nitrogens is 1. The number of anilines is 1. The van der Waals surface area contributed by atoms with Gasteiger partial charge >= 0.3 is 6.09 Å². The topological polar surface area (TPSA) is 162 Å². The van der Waals surface area contributed by atoms with E-state index in [-0.39, 0.29) is 53.9 Å². The third kappa shape index (κ3) is 10.2. The second-order valence-corrected chi connectivity index (χ2v) is 9.96. The molecule has 0 saturated heterocycles. The molecule has 3 amide bonds. The number of imidazole rings is 1. The Morgan fingerprint density at radius 3 is 2.52 bits per heavy atom. The minimum atomic E-state index is -0.792. The van der Waals surface area contributed by atoms with E-state index in [1.54, 1.807) is 26.2 Å². The van der Waals surface area contributed by atoms with E-state index in [1.165, 1.54) is 47.0 Å². The number of carbonyl (C=O) groups excluding carboxylic acids is 3. The van der Waals surface area contributed by atoms with Gasteiger partial charge in [0.1, 0.15) is 41.1 Å². The number of methoxy groups -OCH3 is 1. The van der Waals surface area contributed by atoms with Gasteiger partial charge in [-0.1, -0.05) is 6.08 Å². The maximum absolute atomic E-state index is 14.3. The predicted octanol–water partition coefficient (Wildman–Crippen LogP) is 4.23. The Bertz CT molecular complexity index is 1790. The fraction of sp³-hybridized carbons (Fsp3) is 0.258. The Morgan fingerprint density at radius 1 is 1.11 bits per heavy atom. The molecule has 4 aromatic rings. The number of hydrogen-bond acceptors (Lipinski definition) is 7. The second kappa shape index (κ2) is 16.5. The van der Waals surface area contributed by atoms with Crippen LogP contribution in [0, 0.1) is 17.5 Å². The summed E-state index contributed by atoms with van der Waals surface area (Å²) in [6.07, 6.45) is 5.11. The summed E-state index contributed by atoms with van der Waals surface area (Å²) in [6.45, 7) is -0.297.